The van der Waals surface area contributed by atoms with Crippen LogP contribution >= 0.6 is 0 Å². The van der Waals surface area contributed by atoms with Gasteiger partial charge in [-0.15, -0.1) is 0 Å². The van der Waals surface area contributed by atoms with Crippen molar-refractivity contribution in [2.45, 2.75) is 334 Å². The van der Waals surface area contributed by atoms with Crippen LogP contribution in [0, 0.1) is 0 Å². The lowest BCUT2D eigenvalue weighted by Crippen LogP contribution is -2.40. The number of carboxylic acid groups (broad SMARTS) is 1. The van der Waals surface area contributed by atoms with Crippen LogP contribution in [0.4, 0.5) is 0 Å². The summed E-state index contributed by atoms with van der Waals surface area (Å²) >= 11 is 0. The van der Waals surface area contributed by atoms with Crippen molar-refractivity contribution in [3.05, 3.63) is 146 Å². The standard InChI is InChI=1S/C86H145NO8/c1-6-8-10-12-14-16-18-20-22-24-26-28-30-32-34-36-38-40-41-42-43-45-47-49-51-53-55-57-59-61-63-65-67-69-71-73-75-77-84(89)95-82(81-94-86(85(90)91)92-79-78-87(3,4)5)80-93-83(88)76-74-72-70-68-66-64-62-60-58-56-54-52-50-48-46-44-39-37-35-33-31-29-27-25-23-21-19-17-15-13-11-9-7-2/h8-11,14-17,20-23,26-29,32-35,38,40,42-43,82,86H,6-7,12-13,18-19,24-25,30-31,36-37,39,41,44-81H2,1-5H3/p+1/b10-8-,11-9-,16-14-,17-15-,22-20-,23-21-,28-26-,29-27-,34-32-,35-33-,40-38-,43-42-. The number of likely N-dealkylation sites (N-methyl/N-ethyl adjacent to an activating group) is 1. The third-order valence-electron chi connectivity index (χ3n) is 16.6. The van der Waals surface area contributed by atoms with Crippen LogP contribution in [0.3, 0.4) is 0 Å². The Morgan fingerprint density at radius 3 is 0.842 bits per heavy atom. The van der Waals surface area contributed by atoms with Gasteiger partial charge in [0.25, 0.3) is 6.29 Å². The van der Waals surface area contributed by atoms with Gasteiger partial charge < -0.3 is 28.5 Å². The molecule has 1 N–H and O–H groups in total. The third kappa shape index (κ3) is 76.4. The number of carboxylic acids is 1. The molecule has 0 saturated heterocycles. The van der Waals surface area contributed by atoms with Crippen molar-refractivity contribution in [1.29, 1.82) is 0 Å². The highest BCUT2D eigenvalue weighted by Crippen LogP contribution is 2.18. The summed E-state index contributed by atoms with van der Waals surface area (Å²) in [5, 5.41) is 9.77. The normalized spacial score (nSPS) is 13.5. The summed E-state index contributed by atoms with van der Waals surface area (Å²) in [7, 11) is 5.98. The Kier molecular flexibility index (Phi) is 71.1. The maximum atomic E-state index is 13.0. The number of quaternary nitrogens is 1. The van der Waals surface area contributed by atoms with Crippen molar-refractivity contribution >= 4 is 17.9 Å². The molecule has 0 fully saturated rings. The van der Waals surface area contributed by atoms with E-state index in [1.54, 1.807) is 0 Å². The van der Waals surface area contributed by atoms with Gasteiger partial charge in [-0.2, -0.15) is 0 Å². The largest absolute Gasteiger partial charge is 0.477 e. The van der Waals surface area contributed by atoms with Gasteiger partial charge in [0.1, 0.15) is 13.2 Å². The van der Waals surface area contributed by atoms with E-state index in [9.17, 15) is 19.5 Å². The lowest BCUT2D eigenvalue weighted by atomic mass is 10.0. The molecule has 0 aromatic rings. The number of nitrogens with zero attached hydrogens (tertiary/aromatic N) is 1. The molecule has 95 heavy (non-hydrogen) atoms. The Hall–Kier alpha value is -4.83. The topological polar surface area (TPSA) is 108 Å². The molecule has 2 unspecified atom stereocenters. The van der Waals surface area contributed by atoms with Crippen LogP contribution < -0.4 is 0 Å². The van der Waals surface area contributed by atoms with Crippen LogP contribution in [0.2, 0.25) is 0 Å². The van der Waals surface area contributed by atoms with Crippen LogP contribution in [-0.4, -0.2) is 87.4 Å². The fourth-order valence-corrected chi connectivity index (χ4v) is 10.7. The molecule has 0 aromatic carbocycles. The molecule has 542 valence electrons. The van der Waals surface area contributed by atoms with E-state index in [0.29, 0.717) is 17.4 Å². The molecule has 0 aliphatic carbocycles. The van der Waals surface area contributed by atoms with E-state index in [1.807, 2.05) is 21.1 Å². The number of carbonyl (C=O) groups excluding carboxylic acids is 2. The highest BCUT2D eigenvalue weighted by Gasteiger charge is 2.25. The smallest absolute Gasteiger partial charge is 0.361 e. The average Bonchev–Trinajstić information content (AvgIpc) is 3.75. The number of unbranched alkanes of at least 4 members (excludes halogenated alkanes) is 32. The van der Waals surface area contributed by atoms with Crippen molar-refractivity contribution in [3.63, 3.8) is 0 Å². The summed E-state index contributed by atoms with van der Waals surface area (Å²) in [6.07, 6.45) is 107. The molecule has 0 aromatic heterocycles. The fourth-order valence-electron chi connectivity index (χ4n) is 10.7. The monoisotopic (exact) mass is 1320 g/mol. The number of aliphatic carboxylic acids is 1. The van der Waals surface area contributed by atoms with Gasteiger partial charge in [0.2, 0.25) is 0 Å². The predicted octanol–water partition coefficient (Wildman–Crippen LogP) is 25.0. The number of ether oxygens (including phenoxy) is 4. The van der Waals surface area contributed by atoms with E-state index >= 15 is 0 Å². The lowest BCUT2D eigenvalue weighted by molar-refractivity contribution is -0.870. The van der Waals surface area contributed by atoms with Crippen LogP contribution in [0.1, 0.15) is 322 Å². The van der Waals surface area contributed by atoms with Gasteiger partial charge in [-0.3, -0.25) is 9.59 Å². The maximum absolute atomic E-state index is 13.0. The van der Waals surface area contributed by atoms with Crippen LogP contribution in [0.25, 0.3) is 0 Å². The van der Waals surface area contributed by atoms with Crippen LogP contribution in [-0.2, 0) is 33.3 Å². The van der Waals surface area contributed by atoms with Crippen molar-refractivity contribution < 1.29 is 42.9 Å². The van der Waals surface area contributed by atoms with Crippen LogP contribution in [0.5, 0.6) is 0 Å². The fraction of sp³-hybridized carbons (Fsp3) is 0.686. The first kappa shape index (κ1) is 90.2. The molecule has 9 heteroatoms. The molecular formula is C86H146NO8+. The van der Waals surface area contributed by atoms with Gasteiger partial charge in [0.15, 0.2) is 6.10 Å². The van der Waals surface area contributed by atoms with Gasteiger partial charge in [0, 0.05) is 12.8 Å². The Labute approximate surface area is 585 Å². The Morgan fingerprint density at radius 2 is 0.568 bits per heavy atom. The Balaban J connectivity index is 4.06. The molecule has 0 amide bonds. The van der Waals surface area contributed by atoms with Gasteiger partial charge in [-0.25, -0.2) is 4.79 Å². The number of hydrogen-bond donors (Lipinski definition) is 1. The molecule has 0 heterocycles. The lowest BCUT2D eigenvalue weighted by Gasteiger charge is -2.25. The summed E-state index contributed by atoms with van der Waals surface area (Å²) in [4.78, 5) is 37.7. The number of carbonyl (C=O) groups is 3. The van der Waals surface area contributed by atoms with Crippen molar-refractivity contribution in [2.24, 2.45) is 0 Å². The van der Waals surface area contributed by atoms with Crippen molar-refractivity contribution in [1.82, 2.24) is 0 Å². The number of esters is 2. The number of rotatable bonds is 71. The van der Waals surface area contributed by atoms with E-state index in [4.69, 9.17) is 18.9 Å². The molecule has 0 bridgehead atoms. The zero-order valence-corrected chi connectivity index (χ0v) is 62.0. The minimum atomic E-state index is -1.52. The number of allylic oxidation sites excluding steroid dienone is 24. The first-order valence-electron chi connectivity index (χ1n) is 39.0. The highest BCUT2D eigenvalue weighted by molar-refractivity contribution is 5.71. The molecule has 2 atom stereocenters. The van der Waals surface area contributed by atoms with Gasteiger partial charge >= 0.3 is 17.9 Å². The quantitative estimate of drug-likeness (QED) is 0.0211. The molecule has 0 spiro atoms. The van der Waals surface area contributed by atoms with Crippen LogP contribution in [0.15, 0.2) is 146 Å². The second-order valence-corrected chi connectivity index (χ2v) is 26.9. The Bertz CT molecular complexity index is 2080. The van der Waals surface area contributed by atoms with E-state index < -0.39 is 24.3 Å². The third-order valence-corrected chi connectivity index (χ3v) is 16.6. The zero-order valence-electron chi connectivity index (χ0n) is 62.0. The van der Waals surface area contributed by atoms with Gasteiger partial charge in [0.05, 0.1) is 34.4 Å². The van der Waals surface area contributed by atoms with E-state index in [-0.39, 0.29) is 32.2 Å². The summed E-state index contributed by atoms with van der Waals surface area (Å²) < 4.78 is 23.0. The minimum absolute atomic E-state index is 0.184. The highest BCUT2D eigenvalue weighted by atomic mass is 16.7. The van der Waals surface area contributed by atoms with Crippen molar-refractivity contribution in [2.75, 3.05) is 47.5 Å². The summed E-state index contributed by atoms with van der Waals surface area (Å²) in [6.45, 7) is 4.67. The SMILES string of the molecule is CC/C=C\C/C=C\C/C=C\C/C=C\C/C=C\C/C=C\C/C=C\CCCCCCCCCCCCCCCCCC(=O)OC(COC(=O)CCCCCCCCCCCCCCCCCCC/C=C\C/C=C\C/C=C\C/C=C\C/C=C\CC)COC(OCC[N+](C)(C)C)C(=O)O. The van der Waals surface area contributed by atoms with Gasteiger partial charge in [-0.1, -0.05) is 339 Å². The van der Waals surface area contributed by atoms with Gasteiger partial charge in [-0.05, 0) is 116 Å². The molecule has 0 aliphatic rings. The number of hydrogen-bond acceptors (Lipinski definition) is 7. The van der Waals surface area contributed by atoms with Crippen molar-refractivity contribution in [3.8, 4) is 0 Å². The second kappa shape index (κ2) is 75.0. The summed E-state index contributed by atoms with van der Waals surface area (Å²) in [5.74, 6) is -2.00. The van der Waals surface area contributed by atoms with E-state index in [2.05, 4.69) is 160 Å². The first-order chi connectivity index (χ1) is 46.6. The molecule has 0 saturated carbocycles. The van der Waals surface area contributed by atoms with E-state index in [1.165, 1.54) is 180 Å². The summed E-state index contributed by atoms with van der Waals surface area (Å²) in [5.41, 5.74) is 0. The molecule has 0 rings (SSSR count). The summed E-state index contributed by atoms with van der Waals surface area (Å²) in [6, 6.07) is 0. The predicted molar refractivity (Wildman–Crippen MR) is 410 cm³/mol. The molecule has 0 aliphatic heterocycles. The minimum Gasteiger partial charge on any atom is -0.477 e. The van der Waals surface area contributed by atoms with E-state index in [0.717, 1.165) is 116 Å². The first-order valence-corrected chi connectivity index (χ1v) is 39.0. The molecule has 0 radical (unpaired) electrons. The molecular weight excluding hydrogens is 1170 g/mol. The molecule has 9 nitrogen and oxygen atoms in total. The second-order valence-electron chi connectivity index (χ2n) is 26.9. The average molecular weight is 1320 g/mol. The maximum Gasteiger partial charge on any atom is 0.361 e. The Morgan fingerprint density at radius 1 is 0.316 bits per heavy atom. The zero-order chi connectivity index (χ0) is 69.0.